The lowest BCUT2D eigenvalue weighted by atomic mass is 10.2. The number of amides is 1. The van der Waals surface area contributed by atoms with E-state index in [1.807, 2.05) is 0 Å². The second-order valence-electron chi connectivity index (χ2n) is 6.91. The van der Waals surface area contributed by atoms with Crippen LogP contribution in [-0.4, -0.2) is 32.4 Å². The molecule has 0 fully saturated rings. The van der Waals surface area contributed by atoms with Crippen molar-refractivity contribution in [3.8, 4) is 0 Å². The van der Waals surface area contributed by atoms with Crippen LogP contribution in [0.5, 0.6) is 0 Å². The summed E-state index contributed by atoms with van der Waals surface area (Å²) in [6.45, 7) is -0.560. The van der Waals surface area contributed by atoms with Gasteiger partial charge in [-0.1, -0.05) is 11.6 Å². The minimum absolute atomic E-state index is 0.0355. The number of rotatable bonds is 5. The normalized spacial score (nSPS) is 11.6. The van der Waals surface area contributed by atoms with Gasteiger partial charge in [-0.05, 0) is 36.4 Å². The van der Waals surface area contributed by atoms with Crippen molar-refractivity contribution >= 4 is 44.1 Å². The quantitative estimate of drug-likeness (QED) is 0.467. The number of carbonyl (C=O) groups excluding carboxylic acids is 1. The third kappa shape index (κ3) is 3.83. The molecular weight excluding hydrogens is 458 g/mol. The lowest BCUT2D eigenvalue weighted by molar-refractivity contribution is -0.116. The average molecular weight is 474 g/mol. The van der Waals surface area contributed by atoms with E-state index in [1.165, 1.54) is 53.6 Å². The third-order valence-corrected chi connectivity index (χ3v) is 6.54. The van der Waals surface area contributed by atoms with Crippen LogP contribution in [0, 0.1) is 0 Å². The number of fused-ring (bicyclic) bond motifs is 1. The van der Waals surface area contributed by atoms with Crippen LogP contribution in [0.1, 0.15) is 0 Å². The number of aryl methyl sites for hydroxylation is 1. The van der Waals surface area contributed by atoms with E-state index >= 15 is 0 Å². The molecule has 32 heavy (non-hydrogen) atoms. The molecule has 1 aromatic carbocycles. The number of anilines is 1. The fourth-order valence-corrected chi connectivity index (χ4v) is 4.73. The highest BCUT2D eigenvalue weighted by molar-refractivity contribution is 7.90. The van der Waals surface area contributed by atoms with E-state index in [2.05, 4.69) is 10.3 Å². The Kier molecular flexibility index (Phi) is 5.45. The number of benzene rings is 1. The maximum atomic E-state index is 13.2. The Balaban J connectivity index is 1.92. The van der Waals surface area contributed by atoms with Crippen molar-refractivity contribution in [1.29, 1.82) is 0 Å². The predicted molar refractivity (Wildman–Crippen MR) is 118 cm³/mol. The van der Waals surface area contributed by atoms with Crippen LogP contribution in [0.2, 0.25) is 5.02 Å². The highest BCUT2D eigenvalue weighted by atomic mass is 35.5. The molecule has 0 aliphatic carbocycles. The zero-order chi connectivity index (χ0) is 23.0. The minimum atomic E-state index is -4.52. The van der Waals surface area contributed by atoms with Gasteiger partial charge in [-0.3, -0.25) is 19.1 Å². The number of hydrogen-bond acceptors (Lipinski definition) is 6. The SMILES string of the molecule is Cn1ccc(S(=O)(=O)n2c(=O)c3ccc(Cl)cc3n(CC(=O)Nc3cccnc3)c2=O)c1. The predicted octanol–water partition coefficient (Wildman–Crippen LogP) is 1.43. The molecule has 4 aromatic rings. The van der Waals surface area contributed by atoms with E-state index in [0.717, 1.165) is 4.57 Å². The van der Waals surface area contributed by atoms with Crippen LogP contribution in [0.4, 0.5) is 5.69 Å². The van der Waals surface area contributed by atoms with Gasteiger partial charge in [-0.2, -0.15) is 0 Å². The summed E-state index contributed by atoms with van der Waals surface area (Å²) in [5, 5.41) is 2.70. The summed E-state index contributed by atoms with van der Waals surface area (Å²) in [6, 6.07) is 8.53. The first-order valence-corrected chi connectivity index (χ1v) is 11.0. The van der Waals surface area contributed by atoms with Gasteiger partial charge in [-0.15, -0.1) is 3.97 Å². The van der Waals surface area contributed by atoms with Crippen LogP contribution in [0.3, 0.4) is 0 Å². The zero-order valence-corrected chi connectivity index (χ0v) is 18.2. The lowest BCUT2D eigenvalue weighted by Gasteiger charge is -2.14. The van der Waals surface area contributed by atoms with Gasteiger partial charge in [0.15, 0.2) is 0 Å². The fraction of sp³-hybridized carbons (Fsp3) is 0.100. The monoisotopic (exact) mass is 473 g/mol. The molecule has 0 unspecified atom stereocenters. The van der Waals surface area contributed by atoms with E-state index < -0.39 is 33.7 Å². The number of halogens is 1. The Morgan fingerprint density at radius 1 is 1.19 bits per heavy atom. The molecule has 3 aromatic heterocycles. The summed E-state index contributed by atoms with van der Waals surface area (Å²) >= 11 is 6.04. The Hall–Kier alpha value is -3.70. The van der Waals surface area contributed by atoms with Gasteiger partial charge in [0.25, 0.3) is 15.6 Å². The van der Waals surface area contributed by atoms with Crippen molar-refractivity contribution in [2.75, 3.05) is 5.32 Å². The number of hydrogen-bond donors (Lipinski definition) is 1. The molecule has 0 radical (unpaired) electrons. The number of pyridine rings is 1. The number of nitrogens with zero attached hydrogens (tertiary/aromatic N) is 4. The summed E-state index contributed by atoms with van der Waals surface area (Å²) in [7, 11) is -2.92. The molecule has 0 aliphatic heterocycles. The summed E-state index contributed by atoms with van der Waals surface area (Å²) in [6.07, 6.45) is 5.68. The van der Waals surface area contributed by atoms with Gasteiger partial charge >= 0.3 is 5.69 Å². The van der Waals surface area contributed by atoms with Gasteiger partial charge in [0, 0.05) is 30.7 Å². The summed E-state index contributed by atoms with van der Waals surface area (Å²) in [4.78, 5) is 42.5. The van der Waals surface area contributed by atoms with Gasteiger partial charge < -0.3 is 9.88 Å². The molecular formula is C20H16ClN5O5S. The van der Waals surface area contributed by atoms with Crippen LogP contribution in [0.15, 0.2) is 75.7 Å². The maximum Gasteiger partial charge on any atom is 0.346 e. The molecule has 12 heteroatoms. The van der Waals surface area contributed by atoms with Crippen LogP contribution >= 0.6 is 11.6 Å². The lowest BCUT2D eigenvalue weighted by Crippen LogP contribution is -2.45. The molecule has 0 spiro atoms. The van der Waals surface area contributed by atoms with Crippen molar-refractivity contribution in [3.63, 3.8) is 0 Å². The largest absolute Gasteiger partial charge is 0.356 e. The summed E-state index contributed by atoms with van der Waals surface area (Å²) in [5.74, 6) is -0.622. The van der Waals surface area contributed by atoms with E-state index in [1.54, 1.807) is 19.2 Å². The minimum Gasteiger partial charge on any atom is -0.356 e. The van der Waals surface area contributed by atoms with Gasteiger partial charge in [0.2, 0.25) is 5.91 Å². The number of carbonyl (C=O) groups is 1. The Morgan fingerprint density at radius 2 is 1.97 bits per heavy atom. The molecule has 0 atom stereocenters. The molecule has 4 rings (SSSR count). The van der Waals surface area contributed by atoms with Crippen molar-refractivity contribution < 1.29 is 13.2 Å². The van der Waals surface area contributed by atoms with Gasteiger partial charge in [-0.25, -0.2) is 13.2 Å². The molecule has 3 heterocycles. The van der Waals surface area contributed by atoms with E-state index in [-0.39, 0.29) is 24.8 Å². The van der Waals surface area contributed by atoms with Crippen LogP contribution in [0.25, 0.3) is 10.9 Å². The Morgan fingerprint density at radius 3 is 2.62 bits per heavy atom. The van der Waals surface area contributed by atoms with Crippen LogP contribution < -0.4 is 16.6 Å². The topological polar surface area (TPSA) is 125 Å². The second kappa shape index (κ2) is 8.09. The zero-order valence-electron chi connectivity index (χ0n) is 16.6. The van der Waals surface area contributed by atoms with Crippen LogP contribution in [-0.2, 0) is 28.4 Å². The fourth-order valence-electron chi connectivity index (χ4n) is 3.20. The summed E-state index contributed by atoms with van der Waals surface area (Å²) < 4.78 is 28.8. The molecule has 0 bridgehead atoms. The Bertz CT molecular complexity index is 1570. The highest BCUT2D eigenvalue weighted by Gasteiger charge is 2.26. The third-order valence-electron chi connectivity index (χ3n) is 4.66. The molecule has 0 saturated carbocycles. The molecule has 10 nitrogen and oxygen atoms in total. The Labute approximate surface area is 186 Å². The standard InChI is InChI=1S/C20H16ClN5O5S/c1-24-8-6-15(11-24)32(30,31)26-19(28)16-5-4-13(21)9-17(16)25(20(26)29)12-18(27)23-14-3-2-7-22-10-14/h2-11H,12H2,1H3,(H,23,27). The second-order valence-corrected chi connectivity index (χ2v) is 9.13. The molecule has 1 amide bonds. The van der Waals surface area contributed by atoms with Gasteiger partial charge in [0.1, 0.15) is 11.4 Å². The highest BCUT2D eigenvalue weighted by Crippen LogP contribution is 2.18. The molecule has 164 valence electrons. The first-order valence-electron chi connectivity index (χ1n) is 9.21. The van der Waals surface area contributed by atoms with E-state index in [9.17, 15) is 22.8 Å². The first-order chi connectivity index (χ1) is 15.2. The molecule has 1 N–H and O–H groups in total. The van der Waals surface area contributed by atoms with Crippen molar-refractivity contribution in [2.24, 2.45) is 7.05 Å². The van der Waals surface area contributed by atoms with E-state index in [4.69, 9.17) is 11.6 Å². The van der Waals surface area contributed by atoms with Crippen molar-refractivity contribution in [2.45, 2.75) is 11.4 Å². The number of aromatic nitrogens is 4. The summed E-state index contributed by atoms with van der Waals surface area (Å²) in [5.41, 5.74) is -1.80. The average Bonchev–Trinajstić information content (AvgIpc) is 3.19. The van der Waals surface area contributed by atoms with Gasteiger partial charge in [0.05, 0.1) is 22.8 Å². The van der Waals surface area contributed by atoms with Crippen molar-refractivity contribution in [1.82, 2.24) is 18.1 Å². The van der Waals surface area contributed by atoms with E-state index in [0.29, 0.717) is 5.69 Å². The maximum absolute atomic E-state index is 13.2. The van der Waals surface area contributed by atoms with Crippen molar-refractivity contribution in [3.05, 3.63) is 87.0 Å². The molecule has 0 aliphatic rings. The molecule has 0 saturated heterocycles. The smallest absolute Gasteiger partial charge is 0.346 e. The first kappa shape index (κ1) is 21.5. The number of nitrogens with one attached hydrogen (secondary N) is 1.